The van der Waals surface area contributed by atoms with Gasteiger partial charge in [-0.15, -0.1) is 0 Å². The van der Waals surface area contributed by atoms with Crippen LogP contribution in [0.2, 0.25) is 0 Å². The SMILES string of the molecule is COc1ccc(C(=O)NC[C@@H]2COc3ccccc3O2)cc1F. The van der Waals surface area contributed by atoms with Gasteiger partial charge in [-0.05, 0) is 30.3 Å². The van der Waals surface area contributed by atoms with Crippen molar-refractivity contribution < 1.29 is 23.4 Å². The van der Waals surface area contributed by atoms with Crippen LogP contribution in [-0.4, -0.2) is 32.3 Å². The van der Waals surface area contributed by atoms with Crippen LogP contribution >= 0.6 is 0 Å². The Kier molecular flexibility index (Phi) is 4.32. The van der Waals surface area contributed by atoms with Crippen molar-refractivity contribution in [2.45, 2.75) is 6.10 Å². The number of amides is 1. The average molecular weight is 317 g/mol. The zero-order valence-corrected chi connectivity index (χ0v) is 12.5. The van der Waals surface area contributed by atoms with Gasteiger partial charge in [-0.3, -0.25) is 4.79 Å². The van der Waals surface area contributed by atoms with Crippen LogP contribution in [0.25, 0.3) is 0 Å². The van der Waals surface area contributed by atoms with E-state index in [0.29, 0.717) is 18.1 Å². The minimum absolute atomic E-state index is 0.0992. The first-order chi connectivity index (χ1) is 11.2. The molecule has 0 radical (unpaired) electrons. The summed E-state index contributed by atoms with van der Waals surface area (Å²) in [5.41, 5.74) is 0.223. The van der Waals surface area contributed by atoms with Crippen molar-refractivity contribution in [1.29, 1.82) is 0 Å². The minimum Gasteiger partial charge on any atom is -0.494 e. The molecule has 0 spiro atoms. The number of ether oxygens (including phenoxy) is 3. The van der Waals surface area contributed by atoms with Gasteiger partial charge in [0.15, 0.2) is 23.1 Å². The molecule has 0 unspecified atom stereocenters. The van der Waals surface area contributed by atoms with Crippen molar-refractivity contribution in [3.63, 3.8) is 0 Å². The van der Waals surface area contributed by atoms with Gasteiger partial charge in [-0.1, -0.05) is 12.1 Å². The normalized spacial score (nSPS) is 15.8. The van der Waals surface area contributed by atoms with E-state index in [1.807, 2.05) is 24.3 Å². The third-order valence-electron chi connectivity index (χ3n) is 3.47. The number of hydrogen-bond donors (Lipinski definition) is 1. The van der Waals surface area contributed by atoms with E-state index in [9.17, 15) is 9.18 Å². The fourth-order valence-electron chi connectivity index (χ4n) is 2.28. The average Bonchev–Trinajstić information content (AvgIpc) is 2.59. The van der Waals surface area contributed by atoms with Crippen LogP contribution in [0, 0.1) is 5.82 Å². The molecule has 1 aliphatic heterocycles. The summed E-state index contributed by atoms with van der Waals surface area (Å²) in [7, 11) is 1.37. The van der Waals surface area contributed by atoms with Gasteiger partial charge in [-0.25, -0.2) is 4.39 Å². The Hall–Kier alpha value is -2.76. The highest BCUT2D eigenvalue weighted by Crippen LogP contribution is 2.30. The van der Waals surface area contributed by atoms with E-state index in [1.54, 1.807) is 0 Å². The fourth-order valence-corrected chi connectivity index (χ4v) is 2.28. The number of rotatable bonds is 4. The summed E-state index contributed by atoms with van der Waals surface area (Å²) in [5, 5.41) is 2.71. The third kappa shape index (κ3) is 3.36. The molecule has 6 heteroatoms. The topological polar surface area (TPSA) is 56.8 Å². The second kappa shape index (κ2) is 6.56. The predicted octanol–water partition coefficient (Wildman–Crippen LogP) is 2.40. The van der Waals surface area contributed by atoms with Crippen molar-refractivity contribution in [2.24, 2.45) is 0 Å². The molecule has 1 atom stereocenters. The van der Waals surface area contributed by atoms with E-state index in [4.69, 9.17) is 14.2 Å². The number of benzene rings is 2. The number of nitrogens with one attached hydrogen (secondary N) is 1. The van der Waals surface area contributed by atoms with Crippen molar-refractivity contribution in [3.05, 3.63) is 53.8 Å². The van der Waals surface area contributed by atoms with Crippen LogP contribution in [-0.2, 0) is 0 Å². The molecule has 0 saturated heterocycles. The number of hydrogen-bond acceptors (Lipinski definition) is 4. The Bertz CT molecular complexity index is 719. The van der Waals surface area contributed by atoms with Crippen molar-refractivity contribution >= 4 is 5.91 Å². The van der Waals surface area contributed by atoms with Gasteiger partial charge in [0.1, 0.15) is 12.7 Å². The zero-order valence-electron chi connectivity index (χ0n) is 12.5. The Labute approximate surface area is 133 Å². The number of carbonyl (C=O) groups excluding carboxylic acids is 1. The molecule has 120 valence electrons. The lowest BCUT2D eigenvalue weighted by Gasteiger charge is -2.26. The van der Waals surface area contributed by atoms with E-state index in [2.05, 4.69) is 5.32 Å². The molecular weight excluding hydrogens is 301 g/mol. The van der Waals surface area contributed by atoms with Crippen molar-refractivity contribution in [2.75, 3.05) is 20.3 Å². The molecule has 1 N–H and O–H groups in total. The van der Waals surface area contributed by atoms with Crippen LogP contribution in [0.5, 0.6) is 17.2 Å². The van der Waals surface area contributed by atoms with E-state index in [-0.39, 0.29) is 29.9 Å². The molecule has 3 rings (SSSR count). The molecule has 2 aromatic carbocycles. The van der Waals surface area contributed by atoms with E-state index >= 15 is 0 Å². The first kappa shape index (κ1) is 15.1. The molecule has 23 heavy (non-hydrogen) atoms. The molecular formula is C17H16FNO4. The Morgan fingerprint density at radius 3 is 2.83 bits per heavy atom. The second-order valence-electron chi connectivity index (χ2n) is 5.06. The van der Waals surface area contributed by atoms with Crippen molar-refractivity contribution in [3.8, 4) is 17.2 Å². The van der Waals surface area contributed by atoms with Crippen LogP contribution in [0.3, 0.4) is 0 Å². The Morgan fingerprint density at radius 2 is 2.09 bits per heavy atom. The minimum atomic E-state index is -0.577. The van der Waals surface area contributed by atoms with Crippen LogP contribution < -0.4 is 19.5 Å². The second-order valence-corrected chi connectivity index (χ2v) is 5.06. The van der Waals surface area contributed by atoms with Gasteiger partial charge >= 0.3 is 0 Å². The summed E-state index contributed by atoms with van der Waals surface area (Å²) < 4.78 is 29.8. The number of para-hydroxylation sites is 2. The maximum atomic E-state index is 13.6. The summed E-state index contributed by atoms with van der Waals surface area (Å²) in [6.07, 6.45) is -0.294. The first-order valence-electron chi connectivity index (χ1n) is 7.17. The quantitative estimate of drug-likeness (QED) is 0.941. The smallest absolute Gasteiger partial charge is 0.251 e. The van der Waals surface area contributed by atoms with Crippen molar-refractivity contribution in [1.82, 2.24) is 5.32 Å². The lowest BCUT2D eigenvalue weighted by molar-refractivity contribution is 0.0789. The fraction of sp³-hybridized carbons (Fsp3) is 0.235. The Balaban J connectivity index is 1.58. The highest BCUT2D eigenvalue weighted by molar-refractivity contribution is 5.94. The van der Waals surface area contributed by atoms with Gasteiger partial charge in [0, 0.05) is 5.56 Å². The standard InChI is InChI=1S/C17H16FNO4/c1-21-14-7-6-11(8-13(14)18)17(20)19-9-12-10-22-15-4-2-3-5-16(15)23-12/h2-8,12H,9-10H2,1H3,(H,19,20)/t12-/m1/s1. The molecule has 1 heterocycles. The number of halogens is 1. The molecule has 1 amide bonds. The summed E-state index contributed by atoms with van der Waals surface area (Å²) in [6.45, 7) is 0.606. The molecule has 2 aromatic rings. The van der Waals surface area contributed by atoms with Gasteiger partial charge in [0.2, 0.25) is 0 Å². The number of methoxy groups -OCH3 is 1. The predicted molar refractivity (Wildman–Crippen MR) is 81.6 cm³/mol. The van der Waals surface area contributed by atoms with Gasteiger partial charge < -0.3 is 19.5 Å². The summed E-state index contributed by atoms with van der Waals surface area (Å²) in [5.74, 6) is 0.475. The highest BCUT2D eigenvalue weighted by Gasteiger charge is 2.21. The van der Waals surface area contributed by atoms with Crippen LogP contribution in [0.1, 0.15) is 10.4 Å². The molecule has 0 saturated carbocycles. The molecule has 5 nitrogen and oxygen atoms in total. The number of carbonyl (C=O) groups is 1. The monoisotopic (exact) mass is 317 g/mol. The summed E-state index contributed by atoms with van der Waals surface area (Å²) >= 11 is 0. The summed E-state index contributed by atoms with van der Waals surface area (Å²) in [4.78, 5) is 12.1. The van der Waals surface area contributed by atoms with Crippen LogP contribution in [0.4, 0.5) is 4.39 Å². The third-order valence-corrected chi connectivity index (χ3v) is 3.47. The molecule has 0 aliphatic carbocycles. The Morgan fingerprint density at radius 1 is 1.30 bits per heavy atom. The van der Waals surface area contributed by atoms with E-state index in [1.165, 1.54) is 19.2 Å². The summed E-state index contributed by atoms with van der Waals surface area (Å²) in [6, 6.07) is 11.4. The lowest BCUT2D eigenvalue weighted by Crippen LogP contribution is -2.40. The maximum absolute atomic E-state index is 13.6. The van der Waals surface area contributed by atoms with E-state index < -0.39 is 5.82 Å². The lowest BCUT2D eigenvalue weighted by atomic mass is 10.2. The first-order valence-corrected chi connectivity index (χ1v) is 7.17. The largest absolute Gasteiger partial charge is 0.494 e. The molecule has 0 aromatic heterocycles. The van der Waals surface area contributed by atoms with Gasteiger partial charge in [0.05, 0.1) is 13.7 Å². The zero-order chi connectivity index (χ0) is 16.2. The number of fused-ring (bicyclic) bond motifs is 1. The van der Waals surface area contributed by atoms with Gasteiger partial charge in [-0.2, -0.15) is 0 Å². The molecule has 0 bridgehead atoms. The highest BCUT2D eigenvalue weighted by atomic mass is 19.1. The van der Waals surface area contributed by atoms with E-state index in [0.717, 1.165) is 6.07 Å². The van der Waals surface area contributed by atoms with Crippen LogP contribution in [0.15, 0.2) is 42.5 Å². The molecule has 1 aliphatic rings. The molecule has 0 fully saturated rings. The maximum Gasteiger partial charge on any atom is 0.251 e. The van der Waals surface area contributed by atoms with Gasteiger partial charge in [0.25, 0.3) is 5.91 Å².